The topological polar surface area (TPSA) is 0 Å². The van der Waals surface area contributed by atoms with Crippen LogP contribution in [0.4, 0.5) is 0 Å². The second-order valence-corrected chi connectivity index (χ2v) is 3.92. The minimum absolute atomic E-state index is 1.19. The molecule has 0 fully saturated rings. The van der Waals surface area contributed by atoms with Gasteiger partial charge in [0.15, 0.2) is 0 Å². The van der Waals surface area contributed by atoms with E-state index in [4.69, 9.17) is 0 Å². The molecule has 0 amide bonds. The SMILES string of the molecule is CCCCCSc1[c-]cccc1.[Zn+][Br]. The van der Waals surface area contributed by atoms with E-state index in [1.165, 1.54) is 46.3 Å². The number of unbranched alkanes of at least 4 members (excludes halogenated alkanes) is 2. The van der Waals surface area contributed by atoms with Crippen LogP contribution in [-0.2, 0) is 16.3 Å². The van der Waals surface area contributed by atoms with E-state index in [1.54, 1.807) is 0 Å². The van der Waals surface area contributed by atoms with Gasteiger partial charge < -0.3 is 0 Å². The van der Waals surface area contributed by atoms with Crippen LogP contribution in [0.3, 0.4) is 0 Å². The quantitative estimate of drug-likeness (QED) is 0.330. The summed E-state index contributed by atoms with van der Waals surface area (Å²) in [7, 11) is 0. The number of hydrogen-bond donors (Lipinski definition) is 0. The summed E-state index contributed by atoms with van der Waals surface area (Å²) >= 11 is 6.15. The van der Waals surface area contributed by atoms with Crippen LogP contribution in [0.2, 0.25) is 0 Å². The summed E-state index contributed by atoms with van der Waals surface area (Å²) in [6.07, 6.45) is 3.97. The van der Waals surface area contributed by atoms with E-state index < -0.39 is 0 Å². The summed E-state index contributed by atoms with van der Waals surface area (Å²) < 4.78 is 0. The standard InChI is InChI=1S/C11H15S.BrH.Zn/c1-2-3-7-10-12-11-8-5-4-6-9-11;;/h4-6,8H,2-3,7,10H2,1H3;1H;/q-1;;+2/p-1. The Balaban J connectivity index is 0.000000791. The summed E-state index contributed by atoms with van der Waals surface area (Å²) in [4.78, 5) is 1.27. The molecule has 14 heavy (non-hydrogen) atoms. The van der Waals surface area contributed by atoms with Crippen LogP contribution in [0.15, 0.2) is 29.2 Å². The zero-order chi connectivity index (χ0) is 10.6. The Morgan fingerprint density at radius 3 is 2.71 bits per heavy atom. The Kier molecular flexibility index (Phi) is 12.3. The van der Waals surface area contributed by atoms with Crippen molar-refractivity contribution in [1.29, 1.82) is 0 Å². The van der Waals surface area contributed by atoms with E-state index in [-0.39, 0.29) is 0 Å². The molecule has 0 unspecified atom stereocenters. The van der Waals surface area contributed by atoms with Gasteiger partial charge in [-0.3, -0.25) is 0 Å². The molecule has 0 heterocycles. The fraction of sp³-hybridized carbons (Fsp3) is 0.455. The molecule has 3 heteroatoms. The molecule has 1 aromatic carbocycles. The molecule has 74 valence electrons. The van der Waals surface area contributed by atoms with Gasteiger partial charge in [-0.05, 0) is 12.2 Å². The van der Waals surface area contributed by atoms with Crippen LogP contribution in [0.5, 0.6) is 0 Å². The molecule has 0 N–H and O–H groups in total. The van der Waals surface area contributed by atoms with Gasteiger partial charge in [0.1, 0.15) is 0 Å². The maximum atomic E-state index is 3.21. The van der Waals surface area contributed by atoms with Gasteiger partial charge in [-0.25, -0.2) is 0 Å². The molecule has 0 aliphatic carbocycles. The van der Waals surface area contributed by atoms with Gasteiger partial charge in [0.2, 0.25) is 0 Å². The number of benzene rings is 1. The third kappa shape index (κ3) is 8.02. The summed E-state index contributed by atoms with van der Waals surface area (Å²) in [5.41, 5.74) is 0. The first-order chi connectivity index (χ1) is 6.93. The predicted molar refractivity (Wildman–Crippen MR) is 64.5 cm³/mol. The molecule has 0 saturated heterocycles. The summed E-state index contributed by atoms with van der Waals surface area (Å²) in [5, 5.41) is 0. The van der Waals surface area contributed by atoms with Gasteiger partial charge in [0.25, 0.3) is 0 Å². The van der Waals surface area contributed by atoms with Gasteiger partial charge in [0.05, 0.1) is 0 Å². The Hall–Kier alpha value is 0.673. The first-order valence-corrected chi connectivity index (χ1v) is 12.7. The fourth-order valence-electron chi connectivity index (χ4n) is 1.00. The number of halogens is 1. The van der Waals surface area contributed by atoms with E-state index in [9.17, 15) is 0 Å². The van der Waals surface area contributed by atoms with Crippen molar-refractivity contribution < 1.29 is 16.3 Å². The number of thioether (sulfide) groups is 1. The Bertz CT molecular complexity index is 204. The van der Waals surface area contributed by atoms with Crippen LogP contribution in [0.1, 0.15) is 26.2 Å². The number of hydrogen-bond acceptors (Lipinski definition) is 1. The molecule has 1 rings (SSSR count). The van der Waals surface area contributed by atoms with Crippen LogP contribution in [0, 0.1) is 6.07 Å². The minimum atomic E-state index is 1.19. The molecule has 0 radical (unpaired) electrons. The Morgan fingerprint density at radius 1 is 1.36 bits per heavy atom. The maximum absolute atomic E-state index is 3.21. The van der Waals surface area contributed by atoms with E-state index in [0.717, 1.165) is 0 Å². The molecule has 0 atom stereocenters. The van der Waals surface area contributed by atoms with Crippen molar-refractivity contribution in [2.45, 2.75) is 31.1 Å². The predicted octanol–water partition coefficient (Wildman–Crippen LogP) is 4.61. The summed E-state index contributed by atoms with van der Waals surface area (Å²) in [5.74, 6) is 1.23. The van der Waals surface area contributed by atoms with E-state index in [1.807, 2.05) is 23.9 Å². The van der Waals surface area contributed by atoms with Gasteiger partial charge in [-0.1, -0.05) is 19.8 Å². The van der Waals surface area contributed by atoms with E-state index in [2.05, 4.69) is 38.7 Å². The summed E-state index contributed by atoms with van der Waals surface area (Å²) in [6.45, 7) is 2.24. The fourth-order valence-corrected chi connectivity index (χ4v) is 1.90. The van der Waals surface area contributed by atoms with Gasteiger partial charge in [-0.15, -0.1) is 4.90 Å². The second kappa shape index (κ2) is 11.7. The zero-order valence-electron chi connectivity index (χ0n) is 8.63. The molecular weight excluding hydrogens is 309 g/mol. The molecular formula is C11H15BrSZn. The van der Waals surface area contributed by atoms with E-state index in [0.29, 0.717) is 0 Å². The molecule has 0 nitrogen and oxygen atoms in total. The molecule has 0 spiro atoms. The third-order valence-electron chi connectivity index (χ3n) is 1.69. The van der Waals surface area contributed by atoms with Crippen LogP contribution < -0.4 is 0 Å². The van der Waals surface area contributed by atoms with Crippen molar-refractivity contribution in [1.82, 2.24) is 0 Å². The van der Waals surface area contributed by atoms with Crippen molar-refractivity contribution in [3.63, 3.8) is 0 Å². The van der Waals surface area contributed by atoms with Crippen molar-refractivity contribution in [3.05, 3.63) is 30.3 Å². The first kappa shape index (κ1) is 14.7. The van der Waals surface area contributed by atoms with Crippen molar-refractivity contribution in [3.8, 4) is 0 Å². The molecule has 0 bridgehead atoms. The van der Waals surface area contributed by atoms with Gasteiger partial charge in [0, 0.05) is 0 Å². The molecule has 0 saturated carbocycles. The third-order valence-corrected chi connectivity index (χ3v) is 2.74. The normalized spacial score (nSPS) is 9.14. The molecule has 0 aromatic heterocycles. The van der Waals surface area contributed by atoms with Gasteiger partial charge >= 0.3 is 30.0 Å². The molecule has 0 aliphatic heterocycles. The van der Waals surface area contributed by atoms with Crippen LogP contribution in [0.25, 0.3) is 0 Å². The Morgan fingerprint density at radius 2 is 2.14 bits per heavy atom. The average molecular weight is 325 g/mol. The first-order valence-electron chi connectivity index (χ1n) is 4.79. The average Bonchev–Trinajstić information content (AvgIpc) is 2.29. The van der Waals surface area contributed by atoms with Crippen LogP contribution in [-0.4, -0.2) is 5.75 Å². The monoisotopic (exact) mass is 322 g/mol. The van der Waals surface area contributed by atoms with Crippen LogP contribution >= 0.6 is 25.4 Å². The Labute approximate surface area is 108 Å². The molecule has 0 aliphatic rings. The van der Waals surface area contributed by atoms with Gasteiger partial charge in [-0.2, -0.15) is 42.1 Å². The van der Waals surface area contributed by atoms with E-state index >= 15 is 0 Å². The number of rotatable bonds is 5. The van der Waals surface area contributed by atoms with Crippen molar-refractivity contribution >= 4 is 25.4 Å². The summed E-state index contributed by atoms with van der Waals surface area (Å²) in [6, 6.07) is 11.4. The second-order valence-electron chi connectivity index (χ2n) is 2.78. The van der Waals surface area contributed by atoms with Crippen molar-refractivity contribution in [2.75, 3.05) is 5.75 Å². The molecule has 1 aromatic rings. The zero-order valence-corrected chi connectivity index (χ0v) is 14.0. The van der Waals surface area contributed by atoms with Crippen molar-refractivity contribution in [2.24, 2.45) is 0 Å².